The third-order valence-electron chi connectivity index (χ3n) is 5.07. The van der Waals surface area contributed by atoms with Gasteiger partial charge in [-0.25, -0.2) is 0 Å². The van der Waals surface area contributed by atoms with Gasteiger partial charge in [0.2, 0.25) is 0 Å². The van der Waals surface area contributed by atoms with Crippen molar-refractivity contribution < 1.29 is 9.57 Å². The van der Waals surface area contributed by atoms with E-state index in [1.54, 1.807) is 7.11 Å². The van der Waals surface area contributed by atoms with Gasteiger partial charge in [0.25, 0.3) is 0 Å². The minimum Gasteiger partial charge on any atom is -0.497 e. The van der Waals surface area contributed by atoms with Gasteiger partial charge in [0.1, 0.15) is 12.4 Å². The molecule has 2 aromatic rings. The van der Waals surface area contributed by atoms with Crippen LogP contribution in [0, 0.1) is 34.6 Å². The summed E-state index contributed by atoms with van der Waals surface area (Å²) in [7, 11) is 1.66. The Morgan fingerprint density at radius 3 is 1.83 bits per heavy atom. The molecule has 0 radical (unpaired) electrons. The number of rotatable bonds is 5. The maximum Gasteiger partial charge on any atom is 0.142 e. The summed E-state index contributed by atoms with van der Waals surface area (Å²) < 4.78 is 5.18. The smallest absolute Gasteiger partial charge is 0.142 e. The van der Waals surface area contributed by atoms with Crippen molar-refractivity contribution in [2.75, 3.05) is 7.11 Å². The fourth-order valence-corrected chi connectivity index (χ4v) is 2.87. The molecule has 0 heterocycles. The zero-order valence-corrected chi connectivity index (χ0v) is 15.8. The first-order chi connectivity index (χ1) is 11.4. The third kappa shape index (κ3) is 3.61. The van der Waals surface area contributed by atoms with Crippen LogP contribution in [0.1, 0.15) is 45.9 Å². The van der Waals surface area contributed by atoms with E-state index in [9.17, 15) is 0 Å². The maximum atomic E-state index is 5.66. The highest BCUT2D eigenvalue weighted by Gasteiger charge is 2.12. The maximum absolute atomic E-state index is 5.66. The lowest BCUT2D eigenvalue weighted by Crippen LogP contribution is -2.04. The van der Waals surface area contributed by atoms with Gasteiger partial charge in [-0.05, 0) is 105 Å². The van der Waals surface area contributed by atoms with E-state index in [1.165, 1.54) is 33.4 Å². The van der Waals surface area contributed by atoms with Crippen LogP contribution < -0.4 is 4.74 Å². The average Bonchev–Trinajstić information content (AvgIpc) is 2.61. The number of nitrogens with zero attached hydrogens (tertiary/aromatic N) is 1. The first kappa shape index (κ1) is 18.1. The summed E-state index contributed by atoms with van der Waals surface area (Å²) in [6.07, 6.45) is 0. The van der Waals surface area contributed by atoms with Crippen LogP contribution in [0.2, 0.25) is 0 Å². The van der Waals surface area contributed by atoms with E-state index in [4.69, 9.17) is 9.57 Å². The number of hydrogen-bond donors (Lipinski definition) is 0. The molecule has 3 heteroatoms. The fraction of sp³-hybridized carbons (Fsp3) is 0.381. The van der Waals surface area contributed by atoms with Crippen molar-refractivity contribution in [2.45, 2.75) is 48.1 Å². The predicted octanol–water partition coefficient (Wildman–Crippen LogP) is 5.18. The van der Waals surface area contributed by atoms with Gasteiger partial charge < -0.3 is 9.57 Å². The third-order valence-corrected chi connectivity index (χ3v) is 5.07. The van der Waals surface area contributed by atoms with E-state index in [0.29, 0.717) is 6.61 Å². The van der Waals surface area contributed by atoms with Gasteiger partial charge >= 0.3 is 0 Å². The van der Waals surface area contributed by atoms with E-state index in [1.807, 2.05) is 31.2 Å². The molecule has 0 aliphatic carbocycles. The van der Waals surface area contributed by atoms with Crippen LogP contribution in [0.15, 0.2) is 29.4 Å². The molecule has 0 aliphatic rings. The zero-order valence-electron chi connectivity index (χ0n) is 15.8. The molecule has 128 valence electrons. The van der Waals surface area contributed by atoms with Crippen LogP contribution in [-0.4, -0.2) is 12.8 Å². The molecule has 2 rings (SSSR count). The summed E-state index contributed by atoms with van der Waals surface area (Å²) in [5, 5.41) is 4.28. The number of methoxy groups -OCH3 is 1. The summed E-state index contributed by atoms with van der Waals surface area (Å²) in [5.74, 6) is 0.837. The van der Waals surface area contributed by atoms with Crippen LogP contribution in [0.5, 0.6) is 5.75 Å². The molecule has 0 aliphatic heterocycles. The monoisotopic (exact) mass is 325 g/mol. The Bertz CT molecular complexity index is 729. The Labute approximate surface area is 145 Å². The Kier molecular flexibility index (Phi) is 5.66. The minimum absolute atomic E-state index is 0.493. The Morgan fingerprint density at radius 2 is 1.33 bits per heavy atom. The van der Waals surface area contributed by atoms with Crippen molar-refractivity contribution in [3.8, 4) is 5.75 Å². The van der Waals surface area contributed by atoms with E-state index < -0.39 is 0 Å². The van der Waals surface area contributed by atoms with Gasteiger partial charge in [0.15, 0.2) is 0 Å². The van der Waals surface area contributed by atoms with Crippen LogP contribution >= 0.6 is 0 Å². The van der Waals surface area contributed by atoms with Gasteiger partial charge in [-0.1, -0.05) is 5.16 Å². The van der Waals surface area contributed by atoms with Crippen molar-refractivity contribution in [1.29, 1.82) is 0 Å². The molecule has 0 aromatic heterocycles. The molecule has 0 amide bonds. The lowest BCUT2D eigenvalue weighted by molar-refractivity contribution is 0.129. The van der Waals surface area contributed by atoms with E-state index >= 15 is 0 Å². The van der Waals surface area contributed by atoms with E-state index in [2.05, 4.69) is 39.8 Å². The number of ether oxygens (including phenoxy) is 1. The van der Waals surface area contributed by atoms with Gasteiger partial charge in [0.05, 0.1) is 12.8 Å². The molecule has 24 heavy (non-hydrogen) atoms. The van der Waals surface area contributed by atoms with Gasteiger partial charge in [0, 0.05) is 0 Å². The average molecular weight is 325 g/mol. The molecule has 0 atom stereocenters. The Balaban J connectivity index is 2.16. The molecular weight excluding hydrogens is 298 g/mol. The van der Waals surface area contributed by atoms with Crippen molar-refractivity contribution in [2.24, 2.45) is 5.16 Å². The van der Waals surface area contributed by atoms with Gasteiger partial charge in [-0.2, -0.15) is 0 Å². The lowest BCUT2D eigenvalue weighted by Gasteiger charge is -2.18. The Morgan fingerprint density at radius 1 is 0.833 bits per heavy atom. The molecule has 0 saturated heterocycles. The van der Waals surface area contributed by atoms with Crippen molar-refractivity contribution in [1.82, 2.24) is 0 Å². The number of hydrogen-bond acceptors (Lipinski definition) is 3. The number of benzene rings is 2. The normalized spacial score (nSPS) is 11.5. The second-order valence-corrected chi connectivity index (χ2v) is 6.28. The standard InChI is InChI=1S/C21H27NO2/c1-13-14(2)16(4)21(17(5)15(13)3)12-24-22-18(6)19-8-10-20(23-7)11-9-19/h8-11H,12H2,1-7H3/b22-18+. The van der Waals surface area contributed by atoms with E-state index in [0.717, 1.165) is 17.0 Å². The largest absolute Gasteiger partial charge is 0.497 e. The summed E-state index contributed by atoms with van der Waals surface area (Å²) in [5.41, 5.74) is 9.77. The quantitative estimate of drug-likeness (QED) is 0.560. The second kappa shape index (κ2) is 7.52. The molecule has 2 aromatic carbocycles. The molecule has 0 N–H and O–H groups in total. The minimum atomic E-state index is 0.493. The highest BCUT2D eigenvalue weighted by Crippen LogP contribution is 2.26. The van der Waals surface area contributed by atoms with Crippen molar-refractivity contribution in [3.63, 3.8) is 0 Å². The summed E-state index contributed by atoms with van der Waals surface area (Å²) >= 11 is 0. The van der Waals surface area contributed by atoms with Crippen molar-refractivity contribution in [3.05, 3.63) is 63.2 Å². The predicted molar refractivity (Wildman–Crippen MR) is 100 cm³/mol. The first-order valence-corrected chi connectivity index (χ1v) is 8.23. The van der Waals surface area contributed by atoms with E-state index in [-0.39, 0.29) is 0 Å². The van der Waals surface area contributed by atoms with Crippen LogP contribution in [-0.2, 0) is 11.4 Å². The lowest BCUT2D eigenvalue weighted by atomic mass is 9.90. The molecule has 0 saturated carbocycles. The molecule has 3 nitrogen and oxygen atoms in total. The fourth-order valence-electron chi connectivity index (χ4n) is 2.87. The molecule has 0 unspecified atom stereocenters. The second-order valence-electron chi connectivity index (χ2n) is 6.28. The van der Waals surface area contributed by atoms with Gasteiger partial charge in [-0.15, -0.1) is 0 Å². The first-order valence-electron chi connectivity index (χ1n) is 8.23. The van der Waals surface area contributed by atoms with Crippen LogP contribution in [0.3, 0.4) is 0 Å². The summed E-state index contributed by atoms with van der Waals surface area (Å²) in [6.45, 7) is 13.3. The Hall–Kier alpha value is -2.29. The molecule has 0 bridgehead atoms. The van der Waals surface area contributed by atoms with Crippen LogP contribution in [0.25, 0.3) is 0 Å². The number of oxime groups is 1. The molecular formula is C21H27NO2. The zero-order chi connectivity index (χ0) is 17.9. The van der Waals surface area contributed by atoms with Crippen molar-refractivity contribution >= 4 is 5.71 Å². The topological polar surface area (TPSA) is 30.8 Å². The summed E-state index contributed by atoms with van der Waals surface area (Å²) in [6, 6.07) is 7.82. The molecule has 0 fully saturated rings. The SMILES string of the molecule is COc1ccc(/C(C)=N/OCc2c(C)c(C)c(C)c(C)c2C)cc1. The van der Waals surface area contributed by atoms with Gasteiger partial charge in [-0.3, -0.25) is 0 Å². The van der Waals surface area contributed by atoms with Crippen LogP contribution in [0.4, 0.5) is 0 Å². The molecule has 0 spiro atoms. The summed E-state index contributed by atoms with van der Waals surface area (Å²) in [4.78, 5) is 5.66. The highest BCUT2D eigenvalue weighted by molar-refractivity contribution is 5.98. The highest BCUT2D eigenvalue weighted by atomic mass is 16.6.